The highest BCUT2D eigenvalue weighted by atomic mass is 16.5. The Hall–Kier alpha value is -1.06. The second-order valence-corrected chi connectivity index (χ2v) is 8.48. The molecule has 0 unspecified atom stereocenters. The predicted molar refractivity (Wildman–Crippen MR) is 103 cm³/mol. The quantitative estimate of drug-likeness (QED) is 0.339. The van der Waals surface area contributed by atoms with Gasteiger partial charge >= 0.3 is 11.9 Å². The van der Waals surface area contributed by atoms with Crippen molar-refractivity contribution in [2.45, 2.75) is 84.0 Å². The van der Waals surface area contributed by atoms with Crippen LogP contribution in [0.5, 0.6) is 0 Å². The Morgan fingerprint density at radius 3 is 1.77 bits per heavy atom. The van der Waals surface area contributed by atoms with Crippen molar-refractivity contribution < 1.29 is 19.1 Å². The van der Waals surface area contributed by atoms with E-state index in [0.29, 0.717) is 0 Å². The summed E-state index contributed by atoms with van der Waals surface area (Å²) in [5.74, 6) is 1.06. The van der Waals surface area contributed by atoms with E-state index in [9.17, 15) is 9.59 Å². The average Bonchev–Trinajstić information content (AvgIpc) is 2.69. The lowest BCUT2D eigenvalue weighted by molar-refractivity contribution is -0.162. The second kappa shape index (κ2) is 10.9. The van der Waals surface area contributed by atoms with E-state index < -0.39 is 17.9 Å². The van der Waals surface area contributed by atoms with Gasteiger partial charge < -0.3 is 9.47 Å². The van der Waals surface area contributed by atoms with Crippen molar-refractivity contribution in [2.75, 3.05) is 14.2 Å². The molecule has 0 aromatic carbocycles. The van der Waals surface area contributed by atoms with Gasteiger partial charge in [-0.05, 0) is 62.2 Å². The lowest BCUT2D eigenvalue weighted by Crippen LogP contribution is -2.36. The van der Waals surface area contributed by atoms with Crippen LogP contribution in [0.15, 0.2) is 0 Å². The van der Waals surface area contributed by atoms with Gasteiger partial charge in [0, 0.05) is 0 Å². The molecule has 2 aliphatic rings. The lowest BCUT2D eigenvalue weighted by Gasteiger charge is -2.38. The number of esters is 2. The molecular weight excluding hydrogens is 328 g/mol. The highest BCUT2D eigenvalue weighted by Gasteiger charge is 2.40. The third-order valence-electron chi connectivity index (χ3n) is 6.97. The summed E-state index contributed by atoms with van der Waals surface area (Å²) in [6.07, 6.45) is 15.2. The van der Waals surface area contributed by atoms with Crippen LogP contribution in [0.2, 0.25) is 0 Å². The van der Waals surface area contributed by atoms with Crippen molar-refractivity contribution in [3.05, 3.63) is 0 Å². The number of hydrogen-bond donors (Lipinski definition) is 0. The van der Waals surface area contributed by atoms with Gasteiger partial charge in [-0.15, -0.1) is 0 Å². The van der Waals surface area contributed by atoms with E-state index in [4.69, 9.17) is 9.47 Å². The maximum Gasteiger partial charge on any atom is 0.320 e. The highest BCUT2D eigenvalue weighted by Crippen LogP contribution is 2.44. The third kappa shape index (κ3) is 5.72. The maximum atomic E-state index is 12.0. The molecule has 0 saturated heterocycles. The predicted octanol–water partition coefficient (Wildman–Crippen LogP) is 5.14. The minimum atomic E-state index is -0.736. The van der Waals surface area contributed by atoms with Gasteiger partial charge in [0.25, 0.3) is 0 Å². The summed E-state index contributed by atoms with van der Waals surface area (Å²) in [5, 5.41) is 0. The van der Waals surface area contributed by atoms with Crippen molar-refractivity contribution in [3.8, 4) is 0 Å². The zero-order valence-electron chi connectivity index (χ0n) is 17.0. The third-order valence-corrected chi connectivity index (χ3v) is 6.97. The fourth-order valence-corrected chi connectivity index (χ4v) is 5.32. The lowest BCUT2D eigenvalue weighted by atomic mass is 9.67. The molecule has 0 spiro atoms. The van der Waals surface area contributed by atoms with E-state index in [2.05, 4.69) is 6.92 Å². The summed E-state index contributed by atoms with van der Waals surface area (Å²) < 4.78 is 9.69. The van der Waals surface area contributed by atoms with Crippen molar-refractivity contribution >= 4 is 11.9 Å². The van der Waals surface area contributed by atoms with Gasteiger partial charge in [-0.3, -0.25) is 9.59 Å². The molecule has 0 radical (unpaired) electrons. The molecule has 2 saturated carbocycles. The normalized spacial score (nSPS) is 29.4. The fourth-order valence-electron chi connectivity index (χ4n) is 5.32. The molecule has 2 aliphatic carbocycles. The van der Waals surface area contributed by atoms with Crippen molar-refractivity contribution in [2.24, 2.45) is 29.6 Å². The first-order chi connectivity index (χ1) is 12.6. The monoisotopic (exact) mass is 366 g/mol. The van der Waals surface area contributed by atoms with Crippen LogP contribution in [0.4, 0.5) is 0 Å². The summed E-state index contributed by atoms with van der Waals surface area (Å²) in [6, 6.07) is 0. The summed E-state index contributed by atoms with van der Waals surface area (Å²) in [6.45, 7) is 2.28. The van der Waals surface area contributed by atoms with Gasteiger partial charge in [0.05, 0.1) is 14.2 Å². The topological polar surface area (TPSA) is 52.6 Å². The Balaban J connectivity index is 1.77. The van der Waals surface area contributed by atoms with E-state index in [1.165, 1.54) is 65.6 Å². The van der Waals surface area contributed by atoms with Crippen molar-refractivity contribution in [1.29, 1.82) is 0 Å². The van der Waals surface area contributed by atoms with Crippen LogP contribution >= 0.6 is 0 Å². The molecule has 4 nitrogen and oxygen atoms in total. The van der Waals surface area contributed by atoms with Crippen LogP contribution in [-0.4, -0.2) is 26.2 Å². The number of carbonyl (C=O) groups excluding carboxylic acids is 2. The molecule has 0 bridgehead atoms. The van der Waals surface area contributed by atoms with Gasteiger partial charge in [0.2, 0.25) is 0 Å². The highest BCUT2D eigenvalue weighted by molar-refractivity contribution is 5.95. The Bertz CT molecular complexity index is 415. The van der Waals surface area contributed by atoms with E-state index in [-0.39, 0.29) is 5.92 Å². The smallest absolute Gasteiger partial charge is 0.320 e. The Morgan fingerprint density at radius 1 is 0.808 bits per heavy atom. The Kier molecular flexibility index (Phi) is 8.94. The summed E-state index contributed by atoms with van der Waals surface area (Å²) in [7, 11) is 2.70. The molecule has 26 heavy (non-hydrogen) atoms. The molecule has 2 fully saturated rings. The first-order valence-electron chi connectivity index (χ1n) is 10.8. The van der Waals surface area contributed by atoms with Crippen LogP contribution in [0.25, 0.3) is 0 Å². The van der Waals surface area contributed by atoms with E-state index in [0.717, 1.165) is 43.4 Å². The van der Waals surface area contributed by atoms with Gasteiger partial charge in [0.15, 0.2) is 5.92 Å². The van der Waals surface area contributed by atoms with Gasteiger partial charge in [0.1, 0.15) is 0 Å². The molecule has 0 atom stereocenters. The molecule has 0 aromatic rings. The van der Waals surface area contributed by atoms with E-state index in [1.54, 1.807) is 0 Å². The van der Waals surface area contributed by atoms with Crippen molar-refractivity contribution in [3.63, 3.8) is 0 Å². The fraction of sp³-hybridized carbons (Fsp3) is 0.909. The molecule has 0 aromatic heterocycles. The number of hydrogen-bond acceptors (Lipinski definition) is 4. The van der Waals surface area contributed by atoms with Gasteiger partial charge in [-0.25, -0.2) is 0 Å². The number of methoxy groups -OCH3 is 2. The van der Waals surface area contributed by atoms with Crippen molar-refractivity contribution in [1.82, 2.24) is 0 Å². The van der Waals surface area contributed by atoms with E-state index >= 15 is 0 Å². The van der Waals surface area contributed by atoms with Crippen LogP contribution in [0, 0.1) is 29.6 Å². The Labute approximate surface area is 159 Å². The zero-order valence-corrected chi connectivity index (χ0v) is 17.0. The number of unbranched alkanes of at least 4 members (excludes halogenated alkanes) is 2. The summed E-state index contributed by atoms with van der Waals surface area (Å²) in [5.41, 5.74) is 0. The average molecular weight is 367 g/mol. The molecule has 150 valence electrons. The summed E-state index contributed by atoms with van der Waals surface area (Å²) >= 11 is 0. The molecule has 0 N–H and O–H groups in total. The molecule has 0 heterocycles. The SMILES string of the molecule is CCCCCC1CCC(C2CCC(C(C(=O)OC)C(=O)OC)CC2)CC1. The first kappa shape index (κ1) is 21.2. The minimum Gasteiger partial charge on any atom is -0.468 e. The number of ether oxygens (including phenoxy) is 2. The molecular formula is C22H38O4. The number of carbonyl (C=O) groups is 2. The second-order valence-electron chi connectivity index (χ2n) is 8.48. The maximum absolute atomic E-state index is 12.0. The molecule has 0 aliphatic heterocycles. The van der Waals surface area contributed by atoms with Gasteiger partial charge in [-0.1, -0.05) is 45.4 Å². The first-order valence-corrected chi connectivity index (χ1v) is 10.8. The van der Waals surface area contributed by atoms with Gasteiger partial charge in [-0.2, -0.15) is 0 Å². The largest absolute Gasteiger partial charge is 0.468 e. The minimum absolute atomic E-state index is 0.0801. The van der Waals surface area contributed by atoms with E-state index in [1.807, 2.05) is 0 Å². The summed E-state index contributed by atoms with van der Waals surface area (Å²) in [4.78, 5) is 24.0. The van der Waals surface area contributed by atoms with Crippen LogP contribution in [-0.2, 0) is 19.1 Å². The number of rotatable bonds is 8. The van der Waals surface area contributed by atoms with Crippen LogP contribution < -0.4 is 0 Å². The van der Waals surface area contributed by atoms with Crippen LogP contribution in [0.1, 0.15) is 84.0 Å². The molecule has 2 rings (SSSR count). The molecule has 4 heteroatoms. The molecule has 0 amide bonds. The van der Waals surface area contributed by atoms with Crippen LogP contribution in [0.3, 0.4) is 0 Å². The Morgan fingerprint density at radius 2 is 1.31 bits per heavy atom. The zero-order chi connectivity index (χ0) is 18.9. The standard InChI is InChI=1S/C22H38O4/c1-4-5-6-7-16-8-10-17(11-9-16)18-12-14-19(15-13-18)20(21(23)25-2)22(24)26-3/h16-20H,4-15H2,1-3H3.